The van der Waals surface area contributed by atoms with Crippen molar-refractivity contribution in [3.63, 3.8) is 0 Å². The van der Waals surface area contributed by atoms with Gasteiger partial charge in [0.1, 0.15) is 24.1 Å². The Morgan fingerprint density at radius 1 is 1.02 bits per heavy atom. The fourth-order valence-corrected chi connectivity index (χ4v) is 5.36. The minimum Gasteiger partial charge on any atom is -0.349 e. The van der Waals surface area contributed by atoms with Gasteiger partial charge in [-0.3, -0.25) is 19.3 Å². The number of carbonyl (C=O) groups is 3. The molecule has 0 unspecified atom stereocenters. The zero-order valence-corrected chi connectivity index (χ0v) is 23.8. The van der Waals surface area contributed by atoms with E-state index in [0.29, 0.717) is 34.4 Å². The van der Waals surface area contributed by atoms with Gasteiger partial charge in [0.15, 0.2) is 0 Å². The average Bonchev–Trinajstić information content (AvgIpc) is 3.40. The number of para-hydroxylation sites is 1. The second-order valence-electron chi connectivity index (χ2n) is 10.2. The van der Waals surface area contributed by atoms with Crippen molar-refractivity contribution >= 4 is 23.5 Å². The topological polar surface area (TPSA) is 120 Å². The van der Waals surface area contributed by atoms with E-state index < -0.39 is 53.7 Å². The van der Waals surface area contributed by atoms with Gasteiger partial charge in [-0.15, -0.1) is 0 Å². The normalized spacial score (nSPS) is 16.1. The molecule has 2 atom stereocenters. The molecule has 1 aliphatic heterocycles. The van der Waals surface area contributed by atoms with Crippen LogP contribution in [0.3, 0.4) is 0 Å². The Morgan fingerprint density at radius 3 is 2.38 bits per heavy atom. The van der Waals surface area contributed by atoms with Crippen molar-refractivity contribution in [3.05, 3.63) is 113 Å². The van der Waals surface area contributed by atoms with E-state index in [2.05, 4.69) is 10.6 Å². The van der Waals surface area contributed by atoms with Gasteiger partial charge in [-0.1, -0.05) is 36.4 Å². The van der Waals surface area contributed by atoms with Crippen LogP contribution >= 0.6 is 0 Å². The fraction of sp³-hybridized carbons (Fsp3) is 0.219. The summed E-state index contributed by atoms with van der Waals surface area (Å²) >= 11 is 0. The summed E-state index contributed by atoms with van der Waals surface area (Å²) in [5, 5.41) is 19.0. The Balaban J connectivity index is 1.69. The molecule has 0 saturated carbocycles. The maximum absolute atomic E-state index is 14.2. The number of amides is 3. The Kier molecular flexibility index (Phi) is 8.67. The molecule has 1 aliphatic rings. The summed E-state index contributed by atoms with van der Waals surface area (Å²) in [6, 6.07) is 18.4. The van der Waals surface area contributed by atoms with Crippen LogP contribution in [-0.2, 0) is 22.3 Å². The number of alkyl halides is 3. The van der Waals surface area contributed by atoms with Gasteiger partial charge in [0.05, 0.1) is 29.6 Å². The predicted molar refractivity (Wildman–Crippen MR) is 155 cm³/mol. The Bertz CT molecular complexity index is 1780. The van der Waals surface area contributed by atoms with E-state index >= 15 is 0 Å². The summed E-state index contributed by atoms with van der Waals surface area (Å²) in [6.07, 6.45) is -5.10. The number of aromatic nitrogens is 2. The second-order valence-corrected chi connectivity index (χ2v) is 10.2. The quantitative estimate of drug-likeness (QED) is 0.274. The number of fused-ring (bicyclic) bond motifs is 1. The number of benzene rings is 3. The summed E-state index contributed by atoms with van der Waals surface area (Å²) in [6.45, 7) is 1.68. The summed E-state index contributed by atoms with van der Waals surface area (Å²) in [7, 11) is 0. The standard InChI is InChI=1S/C32H26F4N6O3/c1-2-41-30-27(24(18-38-25(43)15-16-37)40-42(30)23-9-4-3-5-10-23)26(19-11-13-22(33)14-12-19)28(31(41)45)39-29(44)20-7-6-8-21(17-20)32(34,35)36/h3-14,17,26,28H,2,15,18H2,1H3,(H,38,43)(H,39,44)/t26-,28-/m1/s1. The number of hydrogen-bond acceptors (Lipinski definition) is 5. The van der Waals surface area contributed by atoms with Gasteiger partial charge in [0.25, 0.3) is 11.8 Å². The van der Waals surface area contributed by atoms with Crippen LogP contribution in [0.5, 0.6) is 0 Å². The summed E-state index contributed by atoms with van der Waals surface area (Å²) < 4.78 is 55.8. The molecule has 3 amide bonds. The van der Waals surface area contributed by atoms with Crippen LogP contribution in [0.4, 0.5) is 23.4 Å². The molecule has 2 N–H and O–H groups in total. The third-order valence-electron chi connectivity index (χ3n) is 7.38. The zero-order valence-electron chi connectivity index (χ0n) is 23.8. The SMILES string of the molecule is CCN1C(=O)[C@H](NC(=O)c2cccc(C(F)(F)F)c2)[C@H](c2ccc(F)cc2)c2c(CNC(=O)CC#N)nn(-c3ccccc3)c21. The van der Waals surface area contributed by atoms with Crippen LogP contribution in [0.25, 0.3) is 5.69 Å². The first-order chi connectivity index (χ1) is 21.5. The van der Waals surface area contributed by atoms with Gasteiger partial charge < -0.3 is 10.6 Å². The molecule has 45 heavy (non-hydrogen) atoms. The number of anilines is 1. The number of likely N-dealkylation sites (N-methyl/N-ethyl adjacent to an activating group) is 1. The van der Waals surface area contributed by atoms with Gasteiger partial charge in [-0.25, -0.2) is 9.07 Å². The maximum Gasteiger partial charge on any atom is 0.416 e. The van der Waals surface area contributed by atoms with Gasteiger partial charge in [0, 0.05) is 23.6 Å². The highest BCUT2D eigenvalue weighted by Gasteiger charge is 2.46. The van der Waals surface area contributed by atoms with Crippen LogP contribution in [0.15, 0.2) is 78.9 Å². The minimum atomic E-state index is -4.70. The third-order valence-corrected chi connectivity index (χ3v) is 7.38. The van der Waals surface area contributed by atoms with E-state index in [4.69, 9.17) is 10.4 Å². The van der Waals surface area contributed by atoms with E-state index in [9.17, 15) is 31.9 Å². The van der Waals surface area contributed by atoms with Crippen molar-refractivity contribution in [2.75, 3.05) is 11.4 Å². The number of nitrogens with zero attached hydrogens (tertiary/aromatic N) is 4. The monoisotopic (exact) mass is 618 g/mol. The maximum atomic E-state index is 14.2. The predicted octanol–water partition coefficient (Wildman–Crippen LogP) is 4.86. The van der Waals surface area contributed by atoms with Crippen LogP contribution in [0, 0.1) is 17.1 Å². The van der Waals surface area contributed by atoms with Crippen LogP contribution in [0.2, 0.25) is 0 Å². The van der Waals surface area contributed by atoms with Crippen LogP contribution in [0.1, 0.15) is 52.0 Å². The lowest BCUT2D eigenvalue weighted by Crippen LogP contribution is -2.55. The number of halogens is 4. The second kappa shape index (κ2) is 12.6. The van der Waals surface area contributed by atoms with E-state index in [-0.39, 0.29) is 18.7 Å². The van der Waals surface area contributed by atoms with Crippen LogP contribution in [-0.4, -0.2) is 40.1 Å². The first kappa shape index (κ1) is 30.9. The third kappa shape index (κ3) is 6.26. The van der Waals surface area contributed by atoms with E-state index in [1.54, 1.807) is 43.3 Å². The molecule has 0 bridgehead atoms. The molecule has 0 saturated heterocycles. The lowest BCUT2D eigenvalue weighted by atomic mass is 9.80. The summed E-state index contributed by atoms with van der Waals surface area (Å²) in [4.78, 5) is 41.3. The highest BCUT2D eigenvalue weighted by Crippen LogP contribution is 2.43. The molecule has 13 heteroatoms. The molecule has 2 heterocycles. The number of nitrogens with one attached hydrogen (secondary N) is 2. The Morgan fingerprint density at radius 2 is 1.73 bits per heavy atom. The molecule has 0 spiro atoms. The van der Waals surface area contributed by atoms with Gasteiger partial charge in [-0.2, -0.15) is 23.5 Å². The van der Waals surface area contributed by atoms with Gasteiger partial charge in [-0.05, 0) is 55.0 Å². The molecule has 0 fully saturated rings. The van der Waals surface area contributed by atoms with Crippen molar-refractivity contribution in [1.29, 1.82) is 5.26 Å². The van der Waals surface area contributed by atoms with Crippen LogP contribution < -0.4 is 15.5 Å². The van der Waals surface area contributed by atoms with Crippen molar-refractivity contribution < 1.29 is 31.9 Å². The molecule has 1 aromatic heterocycles. The molecular weight excluding hydrogens is 592 g/mol. The highest BCUT2D eigenvalue weighted by atomic mass is 19.4. The van der Waals surface area contributed by atoms with Gasteiger partial charge in [0.2, 0.25) is 5.91 Å². The lowest BCUT2D eigenvalue weighted by molar-refractivity contribution is -0.137. The first-order valence-electron chi connectivity index (χ1n) is 13.9. The smallest absolute Gasteiger partial charge is 0.349 e. The molecule has 9 nitrogen and oxygen atoms in total. The van der Waals surface area contributed by atoms with Crippen molar-refractivity contribution in [1.82, 2.24) is 20.4 Å². The van der Waals surface area contributed by atoms with E-state index in [0.717, 1.165) is 12.1 Å². The molecular formula is C32H26F4N6O3. The number of hydrogen-bond donors (Lipinski definition) is 2. The molecule has 4 aromatic rings. The average molecular weight is 619 g/mol. The Hall–Kier alpha value is -5.51. The fourth-order valence-electron chi connectivity index (χ4n) is 5.36. The van der Waals surface area contributed by atoms with Crippen molar-refractivity contribution in [2.45, 2.75) is 38.0 Å². The zero-order chi connectivity index (χ0) is 32.3. The molecule has 230 valence electrons. The number of rotatable bonds is 8. The van der Waals surface area contributed by atoms with Crippen molar-refractivity contribution in [2.24, 2.45) is 0 Å². The summed E-state index contributed by atoms with van der Waals surface area (Å²) in [5.41, 5.74) is 0.384. The Labute approximate surface area is 255 Å². The highest BCUT2D eigenvalue weighted by molar-refractivity contribution is 6.05. The first-order valence-corrected chi connectivity index (χ1v) is 13.9. The number of nitriles is 1. The van der Waals surface area contributed by atoms with E-state index in [1.807, 2.05) is 0 Å². The lowest BCUT2D eigenvalue weighted by Gasteiger charge is -2.38. The molecule has 5 rings (SSSR count). The van der Waals surface area contributed by atoms with E-state index in [1.165, 1.54) is 39.9 Å². The minimum absolute atomic E-state index is 0.122. The van der Waals surface area contributed by atoms with Crippen molar-refractivity contribution in [3.8, 4) is 11.8 Å². The molecule has 3 aromatic carbocycles. The van der Waals surface area contributed by atoms with Gasteiger partial charge >= 0.3 is 6.18 Å². The summed E-state index contributed by atoms with van der Waals surface area (Å²) in [5.74, 6) is -3.26. The molecule has 0 aliphatic carbocycles. The number of carbonyl (C=O) groups excluding carboxylic acids is 3. The molecule has 0 radical (unpaired) electrons. The largest absolute Gasteiger partial charge is 0.416 e.